The summed E-state index contributed by atoms with van der Waals surface area (Å²) in [6, 6.07) is 0.296. The van der Waals surface area contributed by atoms with Crippen molar-refractivity contribution >= 4 is 21.6 Å². The van der Waals surface area contributed by atoms with Crippen LogP contribution in [0.3, 0.4) is 0 Å². The van der Waals surface area contributed by atoms with Crippen LogP contribution < -0.4 is 10.9 Å². The highest BCUT2D eigenvalue weighted by Gasteiger charge is 2.20. The zero-order valence-corrected chi connectivity index (χ0v) is 12.3. The molecule has 2 heterocycles. The summed E-state index contributed by atoms with van der Waals surface area (Å²) in [6.45, 7) is 2.95. The molecule has 1 aromatic rings. The van der Waals surface area contributed by atoms with Crippen molar-refractivity contribution in [1.29, 1.82) is 0 Å². The normalized spacial score (nSPS) is 22.8. The molecule has 0 bridgehead atoms. The van der Waals surface area contributed by atoms with Gasteiger partial charge in [0.2, 0.25) is 0 Å². The summed E-state index contributed by atoms with van der Waals surface area (Å²) in [6.07, 6.45) is 8.89. The standard InChI is InChI=1S/C13H16BrN3O2/c1-3-5-17-13(18)12(14)11(8-15-17)16-10-4-6-19-9(2)7-10/h1,8-10,16H,4-7H2,2H3. The summed E-state index contributed by atoms with van der Waals surface area (Å²) in [5.41, 5.74) is 0.487. The van der Waals surface area contributed by atoms with Gasteiger partial charge in [0.25, 0.3) is 5.56 Å². The highest BCUT2D eigenvalue weighted by Crippen LogP contribution is 2.22. The van der Waals surface area contributed by atoms with Gasteiger partial charge in [-0.1, -0.05) is 5.92 Å². The fourth-order valence-electron chi connectivity index (χ4n) is 2.11. The third-order valence-corrected chi connectivity index (χ3v) is 3.84. The lowest BCUT2D eigenvalue weighted by atomic mass is 10.0. The average molecular weight is 326 g/mol. The molecule has 1 N–H and O–H groups in total. The number of halogens is 1. The molecule has 2 unspecified atom stereocenters. The van der Waals surface area contributed by atoms with Crippen molar-refractivity contribution < 1.29 is 4.74 Å². The highest BCUT2D eigenvalue weighted by atomic mass is 79.9. The van der Waals surface area contributed by atoms with Gasteiger partial charge >= 0.3 is 0 Å². The zero-order chi connectivity index (χ0) is 13.8. The van der Waals surface area contributed by atoms with Gasteiger partial charge in [0.1, 0.15) is 11.0 Å². The van der Waals surface area contributed by atoms with E-state index in [1.807, 2.05) is 6.92 Å². The Balaban J connectivity index is 2.15. The highest BCUT2D eigenvalue weighted by molar-refractivity contribution is 9.10. The van der Waals surface area contributed by atoms with E-state index in [0.29, 0.717) is 16.2 Å². The molecule has 1 aliphatic rings. The number of terminal acetylenes is 1. The molecule has 1 aliphatic heterocycles. The lowest BCUT2D eigenvalue weighted by Crippen LogP contribution is -2.33. The van der Waals surface area contributed by atoms with Gasteiger partial charge in [-0.2, -0.15) is 5.10 Å². The minimum atomic E-state index is -0.219. The van der Waals surface area contributed by atoms with E-state index >= 15 is 0 Å². The molecule has 1 saturated heterocycles. The number of anilines is 1. The number of rotatable bonds is 3. The molecule has 2 rings (SSSR count). The lowest BCUT2D eigenvalue weighted by Gasteiger charge is -2.28. The van der Waals surface area contributed by atoms with Gasteiger partial charge < -0.3 is 10.1 Å². The number of nitrogens with zero attached hydrogens (tertiary/aromatic N) is 2. The molecule has 6 heteroatoms. The second kappa shape index (κ2) is 6.22. The third kappa shape index (κ3) is 3.37. The Morgan fingerprint density at radius 2 is 2.53 bits per heavy atom. The van der Waals surface area contributed by atoms with Gasteiger partial charge in [-0.15, -0.1) is 6.42 Å². The predicted molar refractivity (Wildman–Crippen MR) is 77.1 cm³/mol. The van der Waals surface area contributed by atoms with Crippen LogP contribution in [-0.2, 0) is 11.3 Å². The van der Waals surface area contributed by atoms with E-state index in [9.17, 15) is 4.79 Å². The molecule has 1 aromatic heterocycles. The van der Waals surface area contributed by atoms with Crippen LogP contribution in [0.5, 0.6) is 0 Å². The average Bonchev–Trinajstić information content (AvgIpc) is 2.39. The largest absolute Gasteiger partial charge is 0.380 e. The Kier molecular flexibility index (Phi) is 4.61. The fourth-order valence-corrected chi connectivity index (χ4v) is 2.54. The number of aromatic nitrogens is 2. The second-order valence-electron chi connectivity index (χ2n) is 4.59. The van der Waals surface area contributed by atoms with Gasteiger partial charge in [0.15, 0.2) is 0 Å². The monoisotopic (exact) mass is 325 g/mol. The van der Waals surface area contributed by atoms with Crippen molar-refractivity contribution in [3.05, 3.63) is 21.0 Å². The van der Waals surface area contributed by atoms with Gasteiger partial charge in [-0.25, -0.2) is 4.68 Å². The smallest absolute Gasteiger partial charge is 0.284 e. The summed E-state index contributed by atoms with van der Waals surface area (Å²) in [5.74, 6) is 2.40. The maximum absolute atomic E-state index is 12.0. The summed E-state index contributed by atoms with van der Waals surface area (Å²) in [4.78, 5) is 12.0. The minimum absolute atomic E-state index is 0.173. The van der Waals surface area contributed by atoms with Crippen LogP contribution in [0.25, 0.3) is 0 Å². The lowest BCUT2D eigenvalue weighted by molar-refractivity contribution is 0.0232. The van der Waals surface area contributed by atoms with E-state index < -0.39 is 0 Å². The first-order chi connectivity index (χ1) is 9.11. The maximum Gasteiger partial charge on any atom is 0.284 e. The summed E-state index contributed by atoms with van der Waals surface area (Å²) >= 11 is 3.31. The van der Waals surface area contributed by atoms with Crippen LogP contribution in [0.4, 0.5) is 5.69 Å². The Labute approximate surface area is 120 Å². The van der Waals surface area contributed by atoms with Crippen LogP contribution in [-0.4, -0.2) is 28.5 Å². The van der Waals surface area contributed by atoms with E-state index in [0.717, 1.165) is 19.4 Å². The van der Waals surface area contributed by atoms with Crippen molar-refractivity contribution in [2.45, 2.75) is 38.5 Å². The molecule has 19 heavy (non-hydrogen) atoms. The molecule has 102 valence electrons. The second-order valence-corrected chi connectivity index (χ2v) is 5.38. The first kappa shape index (κ1) is 14.1. The molecular weight excluding hydrogens is 310 g/mol. The fraction of sp³-hybridized carbons (Fsp3) is 0.538. The Morgan fingerprint density at radius 3 is 3.21 bits per heavy atom. The molecular formula is C13H16BrN3O2. The van der Waals surface area contributed by atoms with E-state index in [2.05, 4.69) is 32.3 Å². The Bertz CT molecular complexity index is 550. The molecule has 0 amide bonds. The van der Waals surface area contributed by atoms with E-state index in [4.69, 9.17) is 11.2 Å². The third-order valence-electron chi connectivity index (χ3n) is 3.07. The van der Waals surface area contributed by atoms with Gasteiger partial charge in [-0.3, -0.25) is 4.79 Å². The van der Waals surface area contributed by atoms with Gasteiger partial charge in [0.05, 0.1) is 18.0 Å². The predicted octanol–water partition coefficient (Wildman–Crippen LogP) is 1.62. The molecule has 2 atom stereocenters. The van der Waals surface area contributed by atoms with Crippen molar-refractivity contribution in [3.8, 4) is 12.3 Å². The first-order valence-electron chi connectivity index (χ1n) is 6.19. The SMILES string of the molecule is C#CCn1ncc(NC2CCOC(C)C2)c(Br)c1=O. The zero-order valence-electron chi connectivity index (χ0n) is 10.7. The van der Waals surface area contributed by atoms with Crippen LogP contribution >= 0.6 is 15.9 Å². The number of ether oxygens (including phenoxy) is 1. The summed E-state index contributed by atoms with van der Waals surface area (Å²) in [7, 11) is 0. The van der Waals surface area contributed by atoms with Gasteiger partial charge in [-0.05, 0) is 35.7 Å². The van der Waals surface area contributed by atoms with Crippen molar-refractivity contribution in [1.82, 2.24) is 9.78 Å². The van der Waals surface area contributed by atoms with E-state index in [1.54, 1.807) is 6.20 Å². The first-order valence-corrected chi connectivity index (χ1v) is 6.98. The summed E-state index contributed by atoms with van der Waals surface area (Å²) < 4.78 is 7.22. The maximum atomic E-state index is 12.0. The molecule has 1 fully saturated rings. The number of hydrogen-bond donors (Lipinski definition) is 1. The van der Waals surface area contributed by atoms with Crippen molar-refractivity contribution in [3.63, 3.8) is 0 Å². The molecule has 0 radical (unpaired) electrons. The molecule has 0 aromatic carbocycles. The number of nitrogens with one attached hydrogen (secondary N) is 1. The van der Waals surface area contributed by atoms with Gasteiger partial charge in [0, 0.05) is 12.6 Å². The van der Waals surface area contributed by atoms with Crippen LogP contribution in [0.2, 0.25) is 0 Å². The molecule has 5 nitrogen and oxygen atoms in total. The molecule has 0 saturated carbocycles. The molecule has 0 spiro atoms. The Morgan fingerprint density at radius 1 is 1.74 bits per heavy atom. The Hall–Kier alpha value is -1.32. The number of hydrogen-bond acceptors (Lipinski definition) is 4. The van der Waals surface area contributed by atoms with Crippen molar-refractivity contribution in [2.75, 3.05) is 11.9 Å². The topological polar surface area (TPSA) is 56.1 Å². The quantitative estimate of drug-likeness (QED) is 0.858. The molecule has 0 aliphatic carbocycles. The van der Waals surface area contributed by atoms with E-state index in [1.165, 1.54) is 4.68 Å². The van der Waals surface area contributed by atoms with Crippen LogP contribution in [0, 0.1) is 12.3 Å². The van der Waals surface area contributed by atoms with Crippen molar-refractivity contribution in [2.24, 2.45) is 0 Å². The minimum Gasteiger partial charge on any atom is -0.380 e. The summed E-state index contributed by atoms with van der Waals surface area (Å²) in [5, 5.41) is 7.39. The van der Waals surface area contributed by atoms with Crippen LogP contribution in [0.15, 0.2) is 15.5 Å². The van der Waals surface area contributed by atoms with Crippen LogP contribution in [0.1, 0.15) is 19.8 Å². The van der Waals surface area contributed by atoms with E-state index in [-0.39, 0.29) is 18.2 Å².